The van der Waals surface area contributed by atoms with Crippen LogP contribution in [0, 0.1) is 0 Å². The first-order valence-corrected chi connectivity index (χ1v) is 9.10. The van der Waals surface area contributed by atoms with Crippen LogP contribution in [-0.4, -0.2) is 46.7 Å². The van der Waals surface area contributed by atoms with Crippen molar-refractivity contribution in [3.8, 4) is 0 Å². The Bertz CT molecular complexity index is 731. The number of carbonyl (C=O) groups is 2. The second-order valence-corrected chi connectivity index (χ2v) is 6.35. The standard InChI is InChI=1S/C21H27N3O2/c1-4-6-12-23(3)20(25)18-13-19(15-22-14-18)21(26)24(5-2)16-17-10-8-7-9-11-17/h7-11,13-15H,4-6,12,16H2,1-3H3. The first kappa shape index (κ1) is 19.6. The number of benzene rings is 1. The second-order valence-electron chi connectivity index (χ2n) is 6.35. The fraction of sp³-hybridized carbons (Fsp3) is 0.381. The lowest BCUT2D eigenvalue weighted by atomic mass is 10.1. The highest BCUT2D eigenvalue weighted by Crippen LogP contribution is 2.12. The van der Waals surface area contributed by atoms with Gasteiger partial charge in [0.15, 0.2) is 0 Å². The lowest BCUT2D eigenvalue weighted by Crippen LogP contribution is -2.31. The van der Waals surface area contributed by atoms with Gasteiger partial charge in [0.25, 0.3) is 11.8 Å². The van der Waals surface area contributed by atoms with E-state index in [0.29, 0.717) is 30.8 Å². The average molecular weight is 353 g/mol. The molecule has 0 N–H and O–H groups in total. The predicted molar refractivity (Wildman–Crippen MR) is 103 cm³/mol. The molecule has 2 amide bonds. The van der Waals surface area contributed by atoms with E-state index in [-0.39, 0.29) is 11.8 Å². The van der Waals surface area contributed by atoms with Crippen molar-refractivity contribution in [1.29, 1.82) is 0 Å². The molecule has 0 fully saturated rings. The van der Waals surface area contributed by atoms with Gasteiger partial charge in [-0.25, -0.2) is 0 Å². The van der Waals surface area contributed by atoms with Crippen molar-refractivity contribution in [2.45, 2.75) is 33.2 Å². The largest absolute Gasteiger partial charge is 0.342 e. The van der Waals surface area contributed by atoms with Crippen LogP contribution in [0.5, 0.6) is 0 Å². The summed E-state index contributed by atoms with van der Waals surface area (Å²) in [6, 6.07) is 11.5. The van der Waals surface area contributed by atoms with Crippen molar-refractivity contribution in [1.82, 2.24) is 14.8 Å². The highest BCUT2D eigenvalue weighted by Gasteiger charge is 2.18. The summed E-state index contributed by atoms with van der Waals surface area (Å²) >= 11 is 0. The molecule has 2 rings (SSSR count). The zero-order chi connectivity index (χ0) is 18.9. The minimum Gasteiger partial charge on any atom is -0.342 e. The number of hydrogen-bond acceptors (Lipinski definition) is 3. The maximum Gasteiger partial charge on any atom is 0.255 e. The Hall–Kier alpha value is -2.69. The molecular formula is C21H27N3O2. The van der Waals surface area contributed by atoms with Crippen molar-refractivity contribution in [3.05, 3.63) is 65.5 Å². The zero-order valence-electron chi connectivity index (χ0n) is 15.8. The molecule has 1 heterocycles. The molecule has 0 saturated heterocycles. The molecule has 0 aliphatic carbocycles. The number of carbonyl (C=O) groups excluding carboxylic acids is 2. The molecule has 138 valence electrons. The van der Waals surface area contributed by atoms with Gasteiger partial charge in [-0.3, -0.25) is 14.6 Å². The van der Waals surface area contributed by atoms with E-state index < -0.39 is 0 Å². The van der Waals surface area contributed by atoms with E-state index in [9.17, 15) is 9.59 Å². The number of nitrogens with zero attached hydrogens (tertiary/aromatic N) is 3. The van der Waals surface area contributed by atoms with Crippen molar-refractivity contribution in [2.75, 3.05) is 20.1 Å². The van der Waals surface area contributed by atoms with Crippen LogP contribution in [-0.2, 0) is 6.54 Å². The van der Waals surface area contributed by atoms with E-state index in [0.717, 1.165) is 18.4 Å². The molecule has 0 aliphatic heterocycles. The summed E-state index contributed by atoms with van der Waals surface area (Å²) in [7, 11) is 1.78. The van der Waals surface area contributed by atoms with Gasteiger partial charge in [0, 0.05) is 39.1 Å². The van der Waals surface area contributed by atoms with Crippen LogP contribution in [0.25, 0.3) is 0 Å². The van der Waals surface area contributed by atoms with Crippen LogP contribution < -0.4 is 0 Å². The topological polar surface area (TPSA) is 53.5 Å². The molecule has 0 saturated carbocycles. The van der Waals surface area contributed by atoms with Crippen LogP contribution in [0.1, 0.15) is 53.0 Å². The minimum absolute atomic E-state index is 0.105. The van der Waals surface area contributed by atoms with Gasteiger partial charge < -0.3 is 9.80 Å². The first-order valence-electron chi connectivity index (χ1n) is 9.10. The molecule has 1 aromatic carbocycles. The van der Waals surface area contributed by atoms with Crippen LogP contribution in [0.15, 0.2) is 48.8 Å². The van der Waals surface area contributed by atoms with Crippen LogP contribution >= 0.6 is 0 Å². The highest BCUT2D eigenvalue weighted by molar-refractivity contribution is 5.99. The number of unbranched alkanes of at least 4 members (excludes halogenated alkanes) is 1. The Morgan fingerprint density at radius 2 is 1.65 bits per heavy atom. The molecule has 5 heteroatoms. The fourth-order valence-corrected chi connectivity index (χ4v) is 2.70. The second kappa shape index (κ2) is 9.70. The molecule has 0 radical (unpaired) electrons. The molecule has 0 atom stereocenters. The smallest absolute Gasteiger partial charge is 0.255 e. The summed E-state index contributed by atoms with van der Waals surface area (Å²) in [6.45, 7) is 5.85. The third-order valence-electron chi connectivity index (χ3n) is 4.31. The average Bonchev–Trinajstić information content (AvgIpc) is 2.70. The summed E-state index contributed by atoms with van der Waals surface area (Å²) in [5, 5.41) is 0. The van der Waals surface area contributed by atoms with Crippen molar-refractivity contribution in [2.24, 2.45) is 0 Å². The van der Waals surface area contributed by atoms with Crippen molar-refractivity contribution < 1.29 is 9.59 Å². The summed E-state index contributed by atoms with van der Waals surface area (Å²) in [4.78, 5) is 32.9. The van der Waals surface area contributed by atoms with Crippen LogP contribution in [0.4, 0.5) is 0 Å². The first-order chi connectivity index (χ1) is 12.6. The number of hydrogen-bond donors (Lipinski definition) is 0. The van der Waals surface area contributed by atoms with E-state index in [1.165, 1.54) is 12.4 Å². The maximum atomic E-state index is 12.9. The number of aromatic nitrogens is 1. The van der Waals surface area contributed by atoms with Gasteiger partial charge in [-0.2, -0.15) is 0 Å². The van der Waals surface area contributed by atoms with Gasteiger partial charge in [-0.15, -0.1) is 0 Å². The van der Waals surface area contributed by atoms with E-state index >= 15 is 0 Å². The lowest BCUT2D eigenvalue weighted by molar-refractivity contribution is 0.0752. The van der Waals surface area contributed by atoms with Gasteiger partial charge in [-0.05, 0) is 25.0 Å². The number of amides is 2. The van der Waals surface area contributed by atoms with Crippen LogP contribution in [0.2, 0.25) is 0 Å². The molecule has 1 aromatic heterocycles. The molecule has 0 aliphatic rings. The predicted octanol–water partition coefficient (Wildman–Crippen LogP) is 3.62. The van der Waals surface area contributed by atoms with Gasteiger partial charge in [0.2, 0.25) is 0 Å². The van der Waals surface area contributed by atoms with Crippen molar-refractivity contribution >= 4 is 11.8 Å². The van der Waals surface area contributed by atoms with E-state index in [4.69, 9.17) is 0 Å². The molecule has 0 spiro atoms. The molecule has 0 unspecified atom stereocenters. The number of rotatable bonds is 8. The van der Waals surface area contributed by atoms with Crippen molar-refractivity contribution in [3.63, 3.8) is 0 Å². The Labute approximate surface area is 155 Å². The highest BCUT2D eigenvalue weighted by atomic mass is 16.2. The van der Waals surface area contributed by atoms with Gasteiger partial charge in [-0.1, -0.05) is 43.7 Å². The third-order valence-corrected chi connectivity index (χ3v) is 4.31. The number of pyridine rings is 1. The summed E-state index contributed by atoms with van der Waals surface area (Å²) in [5.41, 5.74) is 1.96. The minimum atomic E-state index is -0.116. The monoisotopic (exact) mass is 353 g/mol. The Morgan fingerprint density at radius 1 is 1.00 bits per heavy atom. The third kappa shape index (κ3) is 5.15. The molecule has 26 heavy (non-hydrogen) atoms. The van der Waals surface area contributed by atoms with E-state index in [2.05, 4.69) is 11.9 Å². The lowest BCUT2D eigenvalue weighted by Gasteiger charge is -2.21. The quantitative estimate of drug-likeness (QED) is 0.728. The molecular weight excluding hydrogens is 326 g/mol. The van der Waals surface area contributed by atoms with Gasteiger partial charge >= 0.3 is 0 Å². The van der Waals surface area contributed by atoms with E-state index in [1.54, 1.807) is 22.9 Å². The maximum absolute atomic E-state index is 12.9. The zero-order valence-corrected chi connectivity index (χ0v) is 15.8. The Morgan fingerprint density at radius 3 is 2.27 bits per heavy atom. The van der Waals surface area contributed by atoms with Gasteiger partial charge in [0.1, 0.15) is 0 Å². The SMILES string of the molecule is CCCCN(C)C(=O)c1cncc(C(=O)N(CC)Cc2ccccc2)c1. The fourth-order valence-electron chi connectivity index (χ4n) is 2.70. The molecule has 5 nitrogen and oxygen atoms in total. The molecule has 0 bridgehead atoms. The summed E-state index contributed by atoms with van der Waals surface area (Å²) in [6.07, 6.45) is 5.03. The van der Waals surface area contributed by atoms with E-state index in [1.807, 2.05) is 37.3 Å². The Kier molecular flexibility index (Phi) is 7.33. The summed E-state index contributed by atoms with van der Waals surface area (Å²) in [5.74, 6) is -0.221. The normalized spacial score (nSPS) is 10.4. The molecule has 2 aromatic rings. The summed E-state index contributed by atoms with van der Waals surface area (Å²) < 4.78 is 0. The Balaban J connectivity index is 2.14. The van der Waals surface area contributed by atoms with Crippen LogP contribution in [0.3, 0.4) is 0 Å². The van der Waals surface area contributed by atoms with Gasteiger partial charge in [0.05, 0.1) is 11.1 Å².